The van der Waals surface area contributed by atoms with Gasteiger partial charge in [-0.3, -0.25) is 4.79 Å². The lowest BCUT2D eigenvalue weighted by Gasteiger charge is -2.49. The van der Waals surface area contributed by atoms with E-state index in [-0.39, 0.29) is 17.0 Å². The molecule has 1 aromatic rings. The van der Waals surface area contributed by atoms with Gasteiger partial charge in [0.2, 0.25) is 5.91 Å². The van der Waals surface area contributed by atoms with Crippen molar-refractivity contribution >= 4 is 11.6 Å². The Labute approximate surface area is 115 Å². The molecular weight excluding hydrogens is 236 g/mol. The largest absolute Gasteiger partial charge is 0.351 e. The number of likely N-dealkylation sites (N-methyl/N-ethyl adjacent to an activating group) is 1. The van der Waals surface area contributed by atoms with Crippen molar-refractivity contribution in [3.05, 3.63) is 29.3 Å². The van der Waals surface area contributed by atoms with Gasteiger partial charge >= 0.3 is 0 Å². The van der Waals surface area contributed by atoms with Crippen molar-refractivity contribution < 1.29 is 4.79 Å². The first-order valence-corrected chi connectivity index (χ1v) is 7.05. The zero-order valence-corrected chi connectivity index (χ0v) is 12.2. The molecule has 3 rings (SSSR count). The second-order valence-corrected chi connectivity index (χ2v) is 6.42. The summed E-state index contributed by atoms with van der Waals surface area (Å²) in [5.41, 5.74) is 3.58. The van der Waals surface area contributed by atoms with E-state index in [4.69, 9.17) is 0 Å². The fraction of sp³-hybridized carbons (Fsp3) is 0.562. The topological polar surface area (TPSA) is 32.3 Å². The molecule has 1 fully saturated rings. The van der Waals surface area contributed by atoms with Crippen LogP contribution >= 0.6 is 0 Å². The average molecular weight is 258 g/mol. The predicted octanol–water partition coefficient (Wildman–Crippen LogP) is 2.72. The Morgan fingerprint density at radius 1 is 1.32 bits per heavy atom. The molecule has 2 heterocycles. The number of hydrogen-bond acceptors (Lipinski definition) is 2. The van der Waals surface area contributed by atoms with E-state index < -0.39 is 0 Å². The zero-order chi connectivity index (χ0) is 13.8. The number of para-hydroxylation sites is 1. The van der Waals surface area contributed by atoms with E-state index in [1.807, 2.05) is 0 Å². The van der Waals surface area contributed by atoms with Crippen LogP contribution in [0.4, 0.5) is 5.69 Å². The summed E-state index contributed by atoms with van der Waals surface area (Å²) >= 11 is 0. The summed E-state index contributed by atoms with van der Waals surface area (Å²) in [5, 5.41) is 3.29. The van der Waals surface area contributed by atoms with Gasteiger partial charge in [-0.15, -0.1) is 0 Å². The first-order valence-electron chi connectivity index (χ1n) is 7.05. The van der Waals surface area contributed by atoms with Crippen LogP contribution in [0.25, 0.3) is 0 Å². The maximum Gasteiger partial charge on any atom is 0.221 e. The molecule has 0 aliphatic carbocycles. The number of amides is 1. The Morgan fingerprint density at radius 3 is 2.68 bits per heavy atom. The highest BCUT2D eigenvalue weighted by molar-refractivity contribution is 5.81. The molecule has 3 nitrogen and oxygen atoms in total. The van der Waals surface area contributed by atoms with Gasteiger partial charge in [0.25, 0.3) is 0 Å². The number of aryl methyl sites for hydroxylation is 1. The van der Waals surface area contributed by atoms with Crippen LogP contribution in [0.5, 0.6) is 0 Å². The van der Waals surface area contributed by atoms with Gasteiger partial charge in [-0.1, -0.05) is 32.0 Å². The van der Waals surface area contributed by atoms with Crippen LogP contribution in [0.1, 0.15) is 44.2 Å². The van der Waals surface area contributed by atoms with Gasteiger partial charge in [-0.2, -0.15) is 0 Å². The van der Waals surface area contributed by atoms with Crippen LogP contribution in [0.3, 0.4) is 0 Å². The van der Waals surface area contributed by atoms with Gasteiger partial charge in [0.15, 0.2) is 0 Å². The summed E-state index contributed by atoms with van der Waals surface area (Å²) < 4.78 is 0. The van der Waals surface area contributed by atoms with Crippen molar-refractivity contribution in [2.45, 2.75) is 51.1 Å². The second kappa shape index (κ2) is 3.75. The lowest BCUT2D eigenvalue weighted by atomic mass is 9.72. The number of carbonyl (C=O) groups is 1. The van der Waals surface area contributed by atoms with Crippen molar-refractivity contribution in [3.8, 4) is 0 Å². The molecule has 1 N–H and O–H groups in total. The number of rotatable bonds is 0. The molecule has 1 saturated heterocycles. The molecule has 2 aliphatic rings. The van der Waals surface area contributed by atoms with Crippen molar-refractivity contribution in [2.24, 2.45) is 0 Å². The predicted molar refractivity (Wildman–Crippen MR) is 77.3 cm³/mol. The molecule has 102 valence electrons. The fourth-order valence-electron chi connectivity index (χ4n) is 4.02. The number of nitrogens with one attached hydrogen (secondary N) is 1. The van der Waals surface area contributed by atoms with Crippen LogP contribution in [-0.2, 0) is 10.2 Å². The van der Waals surface area contributed by atoms with Crippen LogP contribution in [0.15, 0.2) is 18.2 Å². The van der Waals surface area contributed by atoms with E-state index in [0.29, 0.717) is 6.42 Å². The molecule has 2 aliphatic heterocycles. The molecule has 3 heteroatoms. The summed E-state index contributed by atoms with van der Waals surface area (Å²) in [7, 11) is 2.12. The highest BCUT2D eigenvalue weighted by Gasteiger charge is 2.57. The van der Waals surface area contributed by atoms with E-state index in [2.05, 4.69) is 56.2 Å². The third kappa shape index (κ3) is 1.41. The fourth-order valence-corrected chi connectivity index (χ4v) is 4.02. The van der Waals surface area contributed by atoms with Crippen molar-refractivity contribution in [1.82, 2.24) is 5.32 Å². The SMILES string of the molecule is Cc1cccc2c1N(C)C1(CCCC(=O)N1)C2(C)C. The Kier molecular flexibility index (Phi) is 2.47. The molecule has 1 aromatic carbocycles. The smallest absolute Gasteiger partial charge is 0.221 e. The summed E-state index contributed by atoms with van der Waals surface area (Å²) in [6, 6.07) is 6.47. The monoisotopic (exact) mass is 258 g/mol. The van der Waals surface area contributed by atoms with Crippen LogP contribution < -0.4 is 10.2 Å². The molecule has 1 unspecified atom stereocenters. The first kappa shape index (κ1) is 12.5. The van der Waals surface area contributed by atoms with Crippen LogP contribution in [-0.4, -0.2) is 18.6 Å². The van der Waals surface area contributed by atoms with Gasteiger partial charge in [0.05, 0.1) is 0 Å². The molecule has 0 radical (unpaired) electrons. The Hall–Kier alpha value is -1.51. The van der Waals surface area contributed by atoms with E-state index in [1.165, 1.54) is 16.8 Å². The van der Waals surface area contributed by atoms with Crippen molar-refractivity contribution in [1.29, 1.82) is 0 Å². The highest BCUT2D eigenvalue weighted by atomic mass is 16.2. The Bertz CT molecular complexity index is 550. The van der Waals surface area contributed by atoms with Gasteiger partial charge in [-0.25, -0.2) is 0 Å². The van der Waals surface area contributed by atoms with Gasteiger partial charge in [0, 0.05) is 24.6 Å². The molecule has 0 aromatic heterocycles. The normalized spacial score (nSPS) is 28.4. The molecule has 19 heavy (non-hydrogen) atoms. The number of carbonyl (C=O) groups excluding carboxylic acids is 1. The Balaban J connectivity index is 2.20. The molecular formula is C16H22N2O. The number of hydrogen-bond donors (Lipinski definition) is 1. The summed E-state index contributed by atoms with van der Waals surface area (Å²) in [5.74, 6) is 0.177. The van der Waals surface area contributed by atoms with Gasteiger partial charge in [0.1, 0.15) is 5.66 Å². The van der Waals surface area contributed by atoms with Gasteiger partial charge < -0.3 is 10.2 Å². The van der Waals surface area contributed by atoms with Gasteiger partial charge in [-0.05, 0) is 30.9 Å². The highest BCUT2D eigenvalue weighted by Crippen LogP contribution is 2.53. The van der Waals surface area contributed by atoms with E-state index in [1.54, 1.807) is 0 Å². The second-order valence-electron chi connectivity index (χ2n) is 6.42. The quantitative estimate of drug-likeness (QED) is 0.776. The molecule has 1 spiro atoms. The zero-order valence-electron chi connectivity index (χ0n) is 12.2. The number of anilines is 1. The number of piperidine rings is 1. The van der Waals surface area contributed by atoms with E-state index in [9.17, 15) is 4.79 Å². The third-order valence-electron chi connectivity index (χ3n) is 5.14. The van der Waals surface area contributed by atoms with Crippen LogP contribution in [0.2, 0.25) is 0 Å². The molecule has 1 amide bonds. The summed E-state index contributed by atoms with van der Waals surface area (Å²) in [6.45, 7) is 6.65. The first-order chi connectivity index (χ1) is 8.90. The minimum absolute atomic E-state index is 0.0703. The third-order valence-corrected chi connectivity index (χ3v) is 5.14. The molecule has 0 bridgehead atoms. The maximum atomic E-state index is 12.0. The lowest BCUT2D eigenvalue weighted by molar-refractivity contribution is -0.126. The minimum atomic E-state index is -0.267. The van der Waals surface area contributed by atoms with Crippen LogP contribution in [0, 0.1) is 6.92 Å². The molecule has 1 atom stereocenters. The Morgan fingerprint density at radius 2 is 2.05 bits per heavy atom. The summed E-state index contributed by atoms with van der Waals surface area (Å²) in [4.78, 5) is 14.3. The average Bonchev–Trinajstić information content (AvgIpc) is 2.51. The molecule has 0 saturated carbocycles. The van der Waals surface area contributed by atoms with E-state index >= 15 is 0 Å². The maximum absolute atomic E-state index is 12.0. The standard InChI is InChI=1S/C16H22N2O/c1-11-7-5-8-12-14(11)18(4)16(15(12,2)3)10-6-9-13(19)17-16/h5,7-8H,6,9-10H2,1-4H3,(H,17,19). The number of nitrogens with zero attached hydrogens (tertiary/aromatic N) is 1. The minimum Gasteiger partial charge on any atom is -0.351 e. The van der Waals surface area contributed by atoms with Crippen molar-refractivity contribution in [2.75, 3.05) is 11.9 Å². The van der Waals surface area contributed by atoms with Crippen molar-refractivity contribution in [3.63, 3.8) is 0 Å². The number of fused-ring (bicyclic) bond motifs is 1. The number of benzene rings is 1. The van der Waals surface area contributed by atoms with E-state index in [0.717, 1.165) is 12.8 Å². The summed E-state index contributed by atoms with van der Waals surface area (Å²) in [6.07, 6.45) is 2.63. The lowest BCUT2D eigenvalue weighted by Crippen LogP contribution is -2.67.